The first-order valence-corrected chi connectivity index (χ1v) is 7.71. The molecule has 0 unspecified atom stereocenters. The zero-order chi connectivity index (χ0) is 19.4. The van der Waals surface area contributed by atoms with E-state index >= 15 is 0 Å². The lowest BCUT2D eigenvalue weighted by Gasteiger charge is -2.15. The van der Waals surface area contributed by atoms with Crippen LogP contribution in [0.2, 0.25) is 0 Å². The number of nitrogens with zero attached hydrogens (tertiary/aromatic N) is 1. The first kappa shape index (κ1) is 17.4. The molecule has 0 amide bonds. The van der Waals surface area contributed by atoms with Crippen LogP contribution < -0.4 is 0 Å². The summed E-state index contributed by atoms with van der Waals surface area (Å²) < 4.78 is 85.3. The summed E-state index contributed by atoms with van der Waals surface area (Å²) in [5.41, 5.74) is -3.51. The van der Waals surface area contributed by atoms with Gasteiger partial charge in [-0.25, -0.2) is 4.98 Å². The highest BCUT2D eigenvalue weighted by molar-refractivity contribution is 6.03. The highest BCUT2D eigenvalue weighted by Crippen LogP contribution is 2.42. The van der Waals surface area contributed by atoms with Crippen LogP contribution in [0.15, 0.2) is 59.2 Å². The van der Waals surface area contributed by atoms with E-state index < -0.39 is 29.1 Å². The van der Waals surface area contributed by atoms with Gasteiger partial charge in [0.15, 0.2) is 0 Å². The zero-order valence-electron chi connectivity index (χ0n) is 13.3. The molecule has 0 aliphatic heterocycles. The number of furan rings is 1. The molecule has 0 fully saturated rings. The van der Waals surface area contributed by atoms with Gasteiger partial charge in [-0.2, -0.15) is 26.3 Å². The van der Waals surface area contributed by atoms with E-state index in [-0.39, 0.29) is 16.7 Å². The van der Waals surface area contributed by atoms with Gasteiger partial charge < -0.3 is 4.42 Å². The minimum atomic E-state index is -4.91. The Morgan fingerprint density at radius 1 is 0.778 bits per heavy atom. The lowest BCUT2D eigenvalue weighted by Crippen LogP contribution is -2.12. The van der Waals surface area contributed by atoms with Crippen molar-refractivity contribution in [3.8, 4) is 11.3 Å². The molecule has 2 aromatic carbocycles. The zero-order valence-corrected chi connectivity index (χ0v) is 13.3. The quantitative estimate of drug-likeness (QED) is 0.344. The number of benzene rings is 2. The third-order valence-electron chi connectivity index (χ3n) is 4.19. The molecule has 0 atom stereocenters. The fourth-order valence-corrected chi connectivity index (χ4v) is 3.01. The molecule has 0 aliphatic carbocycles. The number of pyridine rings is 1. The predicted molar refractivity (Wildman–Crippen MR) is 87.0 cm³/mol. The molecule has 0 spiro atoms. The topological polar surface area (TPSA) is 26.0 Å². The van der Waals surface area contributed by atoms with E-state index in [0.717, 1.165) is 6.07 Å². The van der Waals surface area contributed by atoms with E-state index in [9.17, 15) is 26.3 Å². The number of rotatable bonds is 1. The molecule has 27 heavy (non-hydrogen) atoms. The van der Waals surface area contributed by atoms with Crippen molar-refractivity contribution in [2.75, 3.05) is 0 Å². The Labute approximate surface area is 148 Å². The summed E-state index contributed by atoms with van der Waals surface area (Å²) >= 11 is 0. The summed E-state index contributed by atoms with van der Waals surface area (Å²) in [4.78, 5) is 3.28. The van der Waals surface area contributed by atoms with Gasteiger partial charge in [0.2, 0.25) is 0 Å². The Kier molecular flexibility index (Phi) is 3.69. The van der Waals surface area contributed by atoms with Crippen molar-refractivity contribution in [2.45, 2.75) is 12.4 Å². The molecule has 4 rings (SSSR count). The van der Waals surface area contributed by atoms with E-state index in [1.165, 1.54) is 12.3 Å². The lowest BCUT2D eigenvalue weighted by atomic mass is 9.99. The summed E-state index contributed by atoms with van der Waals surface area (Å²) in [6.07, 6.45) is -8.42. The average Bonchev–Trinajstić information content (AvgIpc) is 3.02. The molecule has 0 bridgehead atoms. The van der Waals surface area contributed by atoms with E-state index in [4.69, 9.17) is 4.42 Å². The number of para-hydroxylation sites is 1. The maximum Gasteiger partial charge on any atom is 0.433 e. The standard InChI is InChI=1S/C19H9F6NO/c20-18(21,22)14-7-3-6-12-13(8-15(19(23,24)25)26-16(12)14)17-11-5-2-1-4-10(11)9-27-17/h1-9H. The van der Waals surface area contributed by atoms with Crippen molar-refractivity contribution >= 4 is 21.7 Å². The Hall–Kier alpha value is -3.03. The highest BCUT2D eigenvalue weighted by atomic mass is 19.4. The van der Waals surface area contributed by atoms with Gasteiger partial charge >= 0.3 is 12.4 Å². The Morgan fingerprint density at radius 2 is 1.48 bits per heavy atom. The van der Waals surface area contributed by atoms with Gasteiger partial charge in [-0.15, -0.1) is 0 Å². The number of halogens is 6. The van der Waals surface area contributed by atoms with Crippen molar-refractivity contribution in [1.82, 2.24) is 4.98 Å². The van der Waals surface area contributed by atoms with Crippen LogP contribution >= 0.6 is 0 Å². The maximum atomic E-state index is 13.3. The Morgan fingerprint density at radius 3 is 2.19 bits per heavy atom. The van der Waals surface area contributed by atoms with Crippen molar-refractivity contribution in [2.24, 2.45) is 0 Å². The van der Waals surface area contributed by atoms with Gasteiger partial charge in [0.25, 0.3) is 0 Å². The molecule has 0 saturated heterocycles. The number of alkyl halides is 6. The fourth-order valence-electron chi connectivity index (χ4n) is 3.01. The van der Waals surface area contributed by atoms with Crippen molar-refractivity contribution in [1.29, 1.82) is 0 Å². The van der Waals surface area contributed by atoms with E-state index in [2.05, 4.69) is 4.98 Å². The highest BCUT2D eigenvalue weighted by Gasteiger charge is 2.37. The van der Waals surface area contributed by atoms with Crippen LogP contribution in [0, 0.1) is 0 Å². The molecule has 4 aromatic rings. The van der Waals surface area contributed by atoms with E-state index in [0.29, 0.717) is 22.9 Å². The molecule has 138 valence electrons. The van der Waals surface area contributed by atoms with Crippen LogP contribution in [0.25, 0.3) is 33.0 Å². The number of aromatic nitrogens is 1. The van der Waals surface area contributed by atoms with Gasteiger partial charge in [0, 0.05) is 21.7 Å². The number of fused-ring (bicyclic) bond motifs is 2. The second-order valence-electron chi connectivity index (χ2n) is 5.90. The summed E-state index contributed by atoms with van der Waals surface area (Å²) in [6.45, 7) is 0. The van der Waals surface area contributed by atoms with Crippen LogP contribution in [0.5, 0.6) is 0 Å². The molecular weight excluding hydrogens is 372 g/mol. The molecular formula is C19H9F6NO. The van der Waals surface area contributed by atoms with Crippen molar-refractivity contribution in [3.63, 3.8) is 0 Å². The van der Waals surface area contributed by atoms with Crippen LogP contribution in [0.4, 0.5) is 26.3 Å². The normalized spacial score (nSPS) is 12.8. The Bertz CT molecular complexity index is 1160. The maximum absolute atomic E-state index is 13.3. The second kappa shape index (κ2) is 5.73. The largest absolute Gasteiger partial charge is 0.463 e. The van der Waals surface area contributed by atoms with Crippen molar-refractivity contribution < 1.29 is 30.8 Å². The van der Waals surface area contributed by atoms with Crippen LogP contribution in [0.3, 0.4) is 0 Å². The third kappa shape index (κ3) is 2.90. The third-order valence-corrected chi connectivity index (χ3v) is 4.19. The average molecular weight is 381 g/mol. The van der Waals surface area contributed by atoms with Gasteiger partial charge in [-0.3, -0.25) is 0 Å². The monoisotopic (exact) mass is 381 g/mol. The molecule has 8 heteroatoms. The van der Waals surface area contributed by atoms with E-state index in [1.807, 2.05) is 0 Å². The summed E-state index contributed by atoms with van der Waals surface area (Å²) in [6, 6.07) is 10.6. The minimum absolute atomic E-state index is 0.0582. The predicted octanol–water partition coefficient (Wildman–Crippen LogP) is 6.69. The molecule has 2 heterocycles. The number of hydrogen-bond acceptors (Lipinski definition) is 2. The molecule has 0 aliphatic rings. The smallest absolute Gasteiger partial charge is 0.433 e. The first-order valence-electron chi connectivity index (χ1n) is 7.71. The second-order valence-corrected chi connectivity index (χ2v) is 5.90. The van der Waals surface area contributed by atoms with Crippen LogP contribution in [-0.2, 0) is 12.4 Å². The van der Waals surface area contributed by atoms with E-state index in [1.54, 1.807) is 24.3 Å². The fraction of sp³-hybridized carbons (Fsp3) is 0.105. The molecule has 0 saturated carbocycles. The lowest BCUT2D eigenvalue weighted by molar-refractivity contribution is -0.142. The molecule has 0 radical (unpaired) electrons. The van der Waals surface area contributed by atoms with Crippen LogP contribution in [-0.4, -0.2) is 4.98 Å². The summed E-state index contributed by atoms with van der Waals surface area (Å²) in [5, 5.41) is 1.05. The molecule has 2 nitrogen and oxygen atoms in total. The summed E-state index contributed by atoms with van der Waals surface area (Å²) in [5.74, 6) is 0.0582. The first-order chi connectivity index (χ1) is 12.7. The van der Waals surface area contributed by atoms with Gasteiger partial charge in [-0.05, 0) is 12.1 Å². The van der Waals surface area contributed by atoms with Gasteiger partial charge in [-0.1, -0.05) is 36.4 Å². The van der Waals surface area contributed by atoms with Crippen molar-refractivity contribution in [3.05, 3.63) is 66.1 Å². The Balaban J connectivity index is 2.14. The molecule has 0 N–H and O–H groups in total. The van der Waals surface area contributed by atoms with Gasteiger partial charge in [0.05, 0.1) is 17.3 Å². The number of hydrogen-bond donors (Lipinski definition) is 0. The summed E-state index contributed by atoms with van der Waals surface area (Å²) in [7, 11) is 0. The minimum Gasteiger partial charge on any atom is -0.463 e. The molecule has 2 aromatic heterocycles. The van der Waals surface area contributed by atoms with Crippen LogP contribution in [0.1, 0.15) is 11.3 Å². The van der Waals surface area contributed by atoms with Gasteiger partial charge in [0.1, 0.15) is 11.5 Å². The SMILES string of the molecule is FC(F)(F)c1cc(-c2occ3ccccc23)c2cccc(C(F)(F)F)c2n1.